The molecule has 220 valence electrons. The zero-order valence-electron chi connectivity index (χ0n) is 23.1. The summed E-state index contributed by atoms with van der Waals surface area (Å²) in [5.41, 5.74) is 1.65. The molecular formula is C28H35N5O8. The number of hydrogen-bond donors (Lipinski definition) is 3. The fraction of sp³-hybridized carbons (Fsp3) is 0.500. The summed E-state index contributed by atoms with van der Waals surface area (Å²) < 4.78 is 16.5. The molecule has 0 saturated carbocycles. The van der Waals surface area contributed by atoms with E-state index in [1.54, 1.807) is 6.92 Å². The molecule has 0 aliphatic carbocycles. The number of aromatic nitrogens is 2. The number of nitrogens with one attached hydrogen (secondary N) is 2. The minimum absolute atomic E-state index is 0.0540. The molecule has 2 amide bonds. The van der Waals surface area contributed by atoms with Crippen LogP contribution in [0, 0.1) is 6.92 Å². The van der Waals surface area contributed by atoms with E-state index >= 15 is 0 Å². The number of carbonyl (C=O) groups is 4. The Labute approximate surface area is 237 Å². The quantitative estimate of drug-likeness (QED) is 0.359. The maximum absolute atomic E-state index is 13.6. The highest BCUT2D eigenvalue weighted by atomic mass is 16.6. The van der Waals surface area contributed by atoms with Gasteiger partial charge in [-0.15, -0.1) is 0 Å². The van der Waals surface area contributed by atoms with Gasteiger partial charge in [-0.25, -0.2) is 9.78 Å². The van der Waals surface area contributed by atoms with Crippen LogP contribution in [0.2, 0.25) is 0 Å². The average Bonchev–Trinajstić information content (AvgIpc) is 3.48. The summed E-state index contributed by atoms with van der Waals surface area (Å²) in [7, 11) is 0. The number of nitrogens with zero attached hydrogens (tertiary/aromatic N) is 3. The molecule has 13 heteroatoms. The van der Waals surface area contributed by atoms with Crippen LogP contribution in [0.3, 0.4) is 0 Å². The Morgan fingerprint density at radius 3 is 2.68 bits per heavy atom. The molecule has 3 N–H and O–H groups in total. The molecule has 3 atom stereocenters. The summed E-state index contributed by atoms with van der Waals surface area (Å²) in [6.45, 7) is 5.53. The van der Waals surface area contributed by atoms with Gasteiger partial charge in [0.05, 0.1) is 25.9 Å². The molecule has 13 nitrogen and oxygen atoms in total. The topological polar surface area (TPSA) is 169 Å². The zero-order chi connectivity index (χ0) is 29.4. The Morgan fingerprint density at radius 2 is 2.00 bits per heavy atom. The monoisotopic (exact) mass is 569 g/mol. The van der Waals surface area contributed by atoms with E-state index in [0.29, 0.717) is 31.7 Å². The molecule has 0 bridgehead atoms. The van der Waals surface area contributed by atoms with Crippen molar-refractivity contribution < 1.29 is 38.5 Å². The number of rotatable bonds is 11. The Hall–Kier alpha value is -4.10. The molecule has 2 fully saturated rings. The van der Waals surface area contributed by atoms with E-state index in [1.165, 1.54) is 11.0 Å². The normalized spacial score (nSPS) is 19.3. The average molecular weight is 570 g/mol. The molecule has 41 heavy (non-hydrogen) atoms. The van der Waals surface area contributed by atoms with Crippen molar-refractivity contribution in [2.45, 2.75) is 51.3 Å². The van der Waals surface area contributed by atoms with Crippen molar-refractivity contribution in [2.75, 3.05) is 39.5 Å². The van der Waals surface area contributed by atoms with Crippen molar-refractivity contribution >= 4 is 23.8 Å². The van der Waals surface area contributed by atoms with Gasteiger partial charge < -0.3 is 30.0 Å². The number of Topliss-reactive ketones (excluding diaryl/α,β-unsaturated/α-hetero) is 1. The van der Waals surface area contributed by atoms with Crippen molar-refractivity contribution in [1.82, 2.24) is 25.5 Å². The van der Waals surface area contributed by atoms with E-state index in [-0.39, 0.29) is 56.0 Å². The van der Waals surface area contributed by atoms with Gasteiger partial charge in [-0.2, -0.15) is 4.98 Å². The number of amides is 2. The van der Waals surface area contributed by atoms with Crippen molar-refractivity contribution in [1.29, 1.82) is 0 Å². The van der Waals surface area contributed by atoms with Gasteiger partial charge in [-0.3, -0.25) is 19.3 Å². The Balaban J connectivity index is 1.61. The van der Waals surface area contributed by atoms with Crippen molar-refractivity contribution in [3.63, 3.8) is 0 Å². The van der Waals surface area contributed by atoms with Crippen molar-refractivity contribution in [3.05, 3.63) is 41.6 Å². The number of hydrogen-bond acceptors (Lipinski definition) is 10. The van der Waals surface area contributed by atoms with E-state index in [2.05, 4.69) is 20.6 Å². The van der Waals surface area contributed by atoms with Crippen molar-refractivity contribution in [2.24, 2.45) is 0 Å². The van der Waals surface area contributed by atoms with Crippen LogP contribution in [0.15, 0.2) is 30.3 Å². The highest BCUT2D eigenvalue weighted by Crippen LogP contribution is 2.22. The fourth-order valence-electron chi connectivity index (χ4n) is 4.61. The number of ether oxygens (including phenoxy) is 3. The maximum atomic E-state index is 13.6. The van der Waals surface area contributed by atoms with E-state index in [9.17, 15) is 24.3 Å². The van der Waals surface area contributed by atoms with Crippen LogP contribution in [0.25, 0.3) is 11.4 Å². The second-order valence-electron chi connectivity index (χ2n) is 9.86. The first-order valence-corrected chi connectivity index (χ1v) is 13.7. The molecule has 2 aromatic rings. The zero-order valence-corrected chi connectivity index (χ0v) is 23.1. The molecule has 1 aromatic carbocycles. The van der Waals surface area contributed by atoms with Crippen LogP contribution in [0.5, 0.6) is 5.88 Å². The third-order valence-electron chi connectivity index (χ3n) is 6.79. The van der Waals surface area contributed by atoms with Gasteiger partial charge in [-0.1, -0.05) is 29.8 Å². The summed E-state index contributed by atoms with van der Waals surface area (Å²) in [5.74, 6) is -1.91. The van der Waals surface area contributed by atoms with Gasteiger partial charge in [0, 0.05) is 44.1 Å². The van der Waals surface area contributed by atoms with Gasteiger partial charge in [0.2, 0.25) is 5.88 Å². The SMILES string of the molecule is CCOC(=O)N1CCNCC1C(=O)C(CCC(=O)O)NC(=O)c1cc(OC2CCOC2)nc(-c2ccc(C)cc2)n1. The molecule has 3 unspecified atom stereocenters. The summed E-state index contributed by atoms with van der Waals surface area (Å²) in [6.07, 6.45) is -0.754. The van der Waals surface area contributed by atoms with E-state index in [1.807, 2.05) is 31.2 Å². The standard InChI is InChI=1S/C28H35N5O8/c1-3-40-28(38)33-12-11-29-15-22(33)25(36)20(8-9-24(34)35)31-27(37)21-14-23(41-19-10-13-39-16-19)32-26(30-21)18-6-4-17(2)5-7-18/h4-7,14,19-20,22,29H,3,8-13,15-16H2,1-2H3,(H,31,37)(H,34,35). The summed E-state index contributed by atoms with van der Waals surface area (Å²) >= 11 is 0. The lowest BCUT2D eigenvalue weighted by molar-refractivity contribution is -0.137. The first-order chi connectivity index (χ1) is 19.7. The molecule has 3 heterocycles. The van der Waals surface area contributed by atoms with Crippen LogP contribution in [0.1, 0.15) is 42.2 Å². The summed E-state index contributed by atoms with van der Waals surface area (Å²) in [5, 5.41) is 15.0. The third-order valence-corrected chi connectivity index (χ3v) is 6.79. The molecule has 0 radical (unpaired) electrons. The van der Waals surface area contributed by atoms with Crippen LogP contribution in [0.4, 0.5) is 4.79 Å². The Morgan fingerprint density at radius 1 is 1.22 bits per heavy atom. The number of benzene rings is 1. The first-order valence-electron chi connectivity index (χ1n) is 13.7. The lowest BCUT2D eigenvalue weighted by Crippen LogP contribution is -2.61. The second-order valence-corrected chi connectivity index (χ2v) is 9.86. The second kappa shape index (κ2) is 14.0. The molecule has 2 saturated heterocycles. The summed E-state index contributed by atoms with van der Waals surface area (Å²) in [4.78, 5) is 61.3. The number of carbonyl (C=O) groups excluding carboxylic acids is 3. The van der Waals surface area contributed by atoms with Crippen LogP contribution < -0.4 is 15.4 Å². The number of carboxylic acid groups (broad SMARTS) is 1. The number of aliphatic carboxylic acids is 1. The summed E-state index contributed by atoms with van der Waals surface area (Å²) in [6, 6.07) is 6.68. The van der Waals surface area contributed by atoms with Gasteiger partial charge >= 0.3 is 12.1 Å². The fourth-order valence-corrected chi connectivity index (χ4v) is 4.61. The number of carboxylic acids is 1. The third kappa shape index (κ3) is 7.98. The van der Waals surface area contributed by atoms with E-state index < -0.39 is 35.8 Å². The van der Waals surface area contributed by atoms with Gasteiger partial charge in [0.1, 0.15) is 17.8 Å². The first kappa shape index (κ1) is 29.9. The molecule has 2 aliphatic rings. The maximum Gasteiger partial charge on any atom is 0.410 e. The highest BCUT2D eigenvalue weighted by Gasteiger charge is 2.37. The predicted molar refractivity (Wildman–Crippen MR) is 146 cm³/mol. The minimum Gasteiger partial charge on any atom is -0.481 e. The van der Waals surface area contributed by atoms with Gasteiger partial charge in [0.15, 0.2) is 11.6 Å². The lowest BCUT2D eigenvalue weighted by atomic mass is 9.98. The van der Waals surface area contributed by atoms with Gasteiger partial charge in [0.25, 0.3) is 5.91 Å². The number of piperazine rings is 1. The molecule has 2 aliphatic heterocycles. The Bertz CT molecular complexity index is 1250. The largest absolute Gasteiger partial charge is 0.481 e. The molecular weight excluding hydrogens is 534 g/mol. The van der Waals surface area contributed by atoms with E-state index in [0.717, 1.165) is 5.56 Å². The van der Waals surface area contributed by atoms with Crippen molar-refractivity contribution in [3.8, 4) is 17.3 Å². The lowest BCUT2D eigenvalue weighted by Gasteiger charge is -2.36. The van der Waals surface area contributed by atoms with E-state index in [4.69, 9.17) is 14.2 Å². The number of aryl methyl sites for hydroxylation is 1. The van der Waals surface area contributed by atoms with Crippen LogP contribution in [-0.2, 0) is 19.1 Å². The van der Waals surface area contributed by atoms with Crippen LogP contribution in [-0.4, -0.2) is 101 Å². The molecule has 1 aromatic heterocycles. The smallest absolute Gasteiger partial charge is 0.410 e. The minimum atomic E-state index is -1.20. The molecule has 4 rings (SSSR count). The van der Waals surface area contributed by atoms with Crippen LogP contribution >= 0.6 is 0 Å². The predicted octanol–water partition coefficient (Wildman–Crippen LogP) is 1.58. The number of ketones is 1. The van der Waals surface area contributed by atoms with Gasteiger partial charge in [-0.05, 0) is 20.3 Å². The molecule has 0 spiro atoms. The Kier molecular flexibility index (Phi) is 10.2. The highest BCUT2D eigenvalue weighted by molar-refractivity contribution is 5.99.